The molecular weight excluding hydrogens is 436 g/mol. The Labute approximate surface area is 184 Å². The van der Waals surface area contributed by atoms with E-state index in [1.165, 1.54) is 10.8 Å². The van der Waals surface area contributed by atoms with Crippen molar-refractivity contribution in [3.63, 3.8) is 0 Å². The number of nitrogens with zero attached hydrogens (tertiary/aromatic N) is 3. The molecule has 7 nitrogen and oxygen atoms in total. The van der Waals surface area contributed by atoms with Gasteiger partial charge in [-0.25, -0.2) is 9.19 Å². The van der Waals surface area contributed by atoms with Crippen molar-refractivity contribution in [1.29, 1.82) is 0 Å². The van der Waals surface area contributed by atoms with E-state index in [0.717, 1.165) is 16.5 Å². The van der Waals surface area contributed by atoms with Gasteiger partial charge in [0.1, 0.15) is 11.3 Å². The minimum atomic E-state index is -2.42. The maximum Gasteiger partial charge on any atom is 0.274 e. The first-order valence-corrected chi connectivity index (χ1v) is 12.1. The molecule has 0 fully saturated rings. The van der Waals surface area contributed by atoms with Crippen molar-refractivity contribution in [3.05, 3.63) is 69.9 Å². The minimum absolute atomic E-state index is 0.141. The molecule has 0 bridgehead atoms. The SMILES string of the molecule is Cc1cccc(Cl)c1Oc1cnc(N=S(C)(C)=O)cc1-c1cn(C)c(=O)c2[nH]ccc12. The summed E-state index contributed by atoms with van der Waals surface area (Å²) in [5.74, 6) is 1.27. The number of hydrogen-bond acceptors (Lipinski definition) is 5. The molecular formula is C22H21ClN4O3S. The maximum atomic E-state index is 12.5. The molecule has 0 saturated heterocycles. The van der Waals surface area contributed by atoms with E-state index in [2.05, 4.69) is 14.3 Å². The molecule has 160 valence electrons. The largest absolute Gasteiger partial charge is 0.453 e. The smallest absolute Gasteiger partial charge is 0.274 e. The topological polar surface area (TPSA) is 89.3 Å². The average molecular weight is 457 g/mol. The van der Waals surface area contributed by atoms with Crippen LogP contribution in [0.3, 0.4) is 0 Å². The number of hydrogen-bond donors (Lipinski definition) is 1. The maximum absolute atomic E-state index is 12.5. The number of nitrogens with one attached hydrogen (secondary N) is 1. The van der Waals surface area contributed by atoms with Gasteiger partial charge in [-0.3, -0.25) is 4.79 Å². The minimum Gasteiger partial charge on any atom is -0.453 e. The van der Waals surface area contributed by atoms with Crippen LogP contribution in [0, 0.1) is 6.92 Å². The number of rotatable bonds is 4. The number of fused-ring (bicyclic) bond motifs is 1. The van der Waals surface area contributed by atoms with Crippen LogP contribution in [0.5, 0.6) is 11.5 Å². The van der Waals surface area contributed by atoms with Crippen LogP contribution in [0.25, 0.3) is 22.0 Å². The van der Waals surface area contributed by atoms with Gasteiger partial charge in [0.2, 0.25) is 0 Å². The highest BCUT2D eigenvalue weighted by Crippen LogP contribution is 2.40. The third-order valence-corrected chi connectivity index (χ3v) is 5.65. The van der Waals surface area contributed by atoms with E-state index in [1.54, 1.807) is 44.1 Å². The fourth-order valence-corrected chi connectivity index (χ4v) is 4.15. The van der Waals surface area contributed by atoms with Gasteiger partial charge in [-0.1, -0.05) is 23.7 Å². The molecule has 3 aromatic heterocycles. The van der Waals surface area contributed by atoms with E-state index < -0.39 is 9.73 Å². The molecule has 0 aliphatic carbocycles. The molecule has 31 heavy (non-hydrogen) atoms. The molecule has 4 rings (SSSR count). The molecule has 0 spiro atoms. The van der Waals surface area contributed by atoms with Crippen LogP contribution < -0.4 is 10.3 Å². The Kier molecular flexibility index (Phi) is 5.36. The number of pyridine rings is 2. The molecule has 0 aliphatic rings. The van der Waals surface area contributed by atoms with Gasteiger partial charge in [0.25, 0.3) is 5.56 Å². The van der Waals surface area contributed by atoms with Crippen molar-refractivity contribution in [2.45, 2.75) is 6.92 Å². The number of H-pyrrole nitrogens is 1. The lowest BCUT2D eigenvalue weighted by molar-refractivity contribution is 0.479. The number of halogens is 1. The fourth-order valence-electron chi connectivity index (χ4n) is 3.34. The van der Waals surface area contributed by atoms with E-state index in [1.807, 2.05) is 25.1 Å². The Morgan fingerprint density at radius 3 is 2.71 bits per heavy atom. The third-order valence-electron chi connectivity index (χ3n) is 4.73. The first-order chi connectivity index (χ1) is 14.6. The monoisotopic (exact) mass is 456 g/mol. The number of para-hydroxylation sites is 1. The summed E-state index contributed by atoms with van der Waals surface area (Å²) >= 11 is 6.37. The summed E-state index contributed by atoms with van der Waals surface area (Å²) in [6, 6.07) is 9.04. The van der Waals surface area contributed by atoms with E-state index in [-0.39, 0.29) is 5.56 Å². The molecule has 0 unspecified atom stereocenters. The van der Waals surface area contributed by atoms with Gasteiger partial charge >= 0.3 is 0 Å². The van der Waals surface area contributed by atoms with Crippen molar-refractivity contribution in [2.24, 2.45) is 11.4 Å². The zero-order valence-corrected chi connectivity index (χ0v) is 19.0. The van der Waals surface area contributed by atoms with Gasteiger partial charge in [-0.2, -0.15) is 4.36 Å². The average Bonchev–Trinajstić information content (AvgIpc) is 3.17. The van der Waals surface area contributed by atoms with Gasteiger partial charge < -0.3 is 14.3 Å². The van der Waals surface area contributed by atoms with Gasteiger partial charge in [0.05, 0.1) is 11.2 Å². The van der Waals surface area contributed by atoms with Crippen molar-refractivity contribution >= 4 is 38.1 Å². The number of aromatic amines is 1. The molecule has 0 saturated carbocycles. The lowest BCUT2D eigenvalue weighted by Gasteiger charge is -2.15. The normalized spacial score (nSPS) is 11.6. The highest BCUT2D eigenvalue weighted by Gasteiger charge is 2.18. The lowest BCUT2D eigenvalue weighted by Crippen LogP contribution is -2.16. The Bertz CT molecular complexity index is 1470. The summed E-state index contributed by atoms with van der Waals surface area (Å²) in [6.07, 6.45) is 8.07. The third kappa shape index (κ3) is 4.22. The van der Waals surface area contributed by atoms with Crippen LogP contribution in [0.15, 0.2) is 58.1 Å². The number of aromatic nitrogens is 3. The molecule has 1 aromatic carbocycles. The van der Waals surface area contributed by atoms with Crippen LogP contribution in [0.4, 0.5) is 5.82 Å². The van der Waals surface area contributed by atoms with Gasteiger partial charge in [0, 0.05) is 58.2 Å². The predicted octanol–water partition coefficient (Wildman–Crippen LogP) is 5.04. The zero-order valence-electron chi connectivity index (χ0n) is 17.5. The molecule has 0 aliphatic heterocycles. The zero-order chi connectivity index (χ0) is 22.3. The summed E-state index contributed by atoms with van der Waals surface area (Å²) < 4.78 is 24.2. The number of aryl methyl sites for hydroxylation is 2. The van der Waals surface area contributed by atoms with E-state index in [0.29, 0.717) is 33.4 Å². The molecule has 4 aromatic rings. The summed E-state index contributed by atoms with van der Waals surface area (Å²) in [6.45, 7) is 1.90. The number of ether oxygens (including phenoxy) is 1. The van der Waals surface area contributed by atoms with Gasteiger partial charge in [-0.15, -0.1) is 0 Å². The second-order valence-corrected chi connectivity index (χ2v) is 10.5. The second kappa shape index (κ2) is 7.86. The van der Waals surface area contributed by atoms with Crippen LogP contribution in [-0.2, 0) is 16.8 Å². The van der Waals surface area contributed by atoms with Gasteiger partial charge in [0.15, 0.2) is 11.6 Å². The molecule has 0 radical (unpaired) electrons. The van der Waals surface area contributed by atoms with Crippen molar-refractivity contribution in [2.75, 3.05) is 12.5 Å². The molecule has 0 atom stereocenters. The summed E-state index contributed by atoms with van der Waals surface area (Å²) in [4.78, 5) is 19.8. The van der Waals surface area contributed by atoms with Gasteiger partial charge in [-0.05, 0) is 30.7 Å². The van der Waals surface area contributed by atoms with E-state index in [4.69, 9.17) is 16.3 Å². The fraction of sp³-hybridized carbons (Fsp3) is 0.182. The van der Waals surface area contributed by atoms with Crippen molar-refractivity contribution in [1.82, 2.24) is 14.5 Å². The Balaban J connectivity index is 2.00. The van der Waals surface area contributed by atoms with Crippen LogP contribution in [0.1, 0.15) is 5.56 Å². The van der Waals surface area contributed by atoms with Crippen molar-refractivity contribution < 1.29 is 8.95 Å². The summed E-state index contributed by atoms with van der Waals surface area (Å²) in [5.41, 5.74) is 2.60. The van der Waals surface area contributed by atoms with E-state index >= 15 is 0 Å². The van der Waals surface area contributed by atoms with Crippen molar-refractivity contribution in [3.8, 4) is 22.6 Å². The highest BCUT2D eigenvalue weighted by molar-refractivity contribution is 7.92. The molecule has 1 N–H and O–H groups in total. The first-order valence-electron chi connectivity index (χ1n) is 9.41. The van der Waals surface area contributed by atoms with Crippen LogP contribution in [0.2, 0.25) is 5.02 Å². The predicted molar refractivity (Wildman–Crippen MR) is 125 cm³/mol. The second-order valence-electron chi connectivity index (χ2n) is 7.52. The molecule has 3 heterocycles. The number of benzene rings is 1. The van der Waals surface area contributed by atoms with E-state index in [9.17, 15) is 9.00 Å². The van der Waals surface area contributed by atoms with Crippen LogP contribution >= 0.6 is 11.6 Å². The Hall–Kier alpha value is -3.10. The molecule has 0 amide bonds. The van der Waals surface area contributed by atoms with Crippen LogP contribution in [-0.4, -0.2) is 31.3 Å². The Morgan fingerprint density at radius 1 is 1.23 bits per heavy atom. The highest BCUT2D eigenvalue weighted by atomic mass is 35.5. The molecule has 9 heteroatoms. The standard InChI is InChI=1S/C22H21ClN4O3S/c1-13-6-5-7-17(23)21(13)30-18-11-25-19(26-31(3,4)29)10-15(18)16-12-27(2)22(28)20-14(16)8-9-24-20/h5-12,24H,1-4H3. The Morgan fingerprint density at radius 2 is 2.00 bits per heavy atom. The lowest BCUT2D eigenvalue weighted by atomic mass is 10.0. The first kappa shape index (κ1) is 21.1. The summed E-state index contributed by atoms with van der Waals surface area (Å²) in [7, 11) is -0.736. The quantitative estimate of drug-likeness (QED) is 0.465. The summed E-state index contributed by atoms with van der Waals surface area (Å²) in [5, 5.41) is 1.20.